The summed E-state index contributed by atoms with van der Waals surface area (Å²) in [5.74, 6) is -0.418. The van der Waals surface area contributed by atoms with E-state index in [-0.39, 0.29) is 17.2 Å². The molecule has 0 spiro atoms. The number of anilines is 2. The lowest BCUT2D eigenvalue weighted by Gasteiger charge is -2.20. The van der Waals surface area contributed by atoms with Crippen LogP contribution < -0.4 is 14.9 Å². The van der Waals surface area contributed by atoms with Gasteiger partial charge in [0.2, 0.25) is 21.8 Å². The molecular weight excluding hydrogens is 474 g/mol. The van der Waals surface area contributed by atoms with Gasteiger partial charge in [0.1, 0.15) is 6.04 Å². The fourth-order valence-electron chi connectivity index (χ4n) is 4.46. The molecule has 0 saturated carbocycles. The third-order valence-electron chi connectivity index (χ3n) is 6.41. The highest BCUT2D eigenvalue weighted by Gasteiger charge is 2.29. The zero-order valence-corrected chi connectivity index (χ0v) is 21.3. The lowest BCUT2D eigenvalue weighted by Crippen LogP contribution is -2.45. The summed E-state index contributed by atoms with van der Waals surface area (Å²) in [6.07, 6.45) is 1.91. The topological polar surface area (TPSA) is 95.6 Å². The first-order valence-corrected chi connectivity index (χ1v) is 13.7. The van der Waals surface area contributed by atoms with Crippen molar-refractivity contribution in [3.63, 3.8) is 0 Å². The molecule has 0 bridgehead atoms. The SMILES string of the molecule is CCC(=O)N1CCc2cc(S(=O)(=O)NC(Cc3ccccc3)C(=O)Nc3ccccc3CC)ccc21. The van der Waals surface area contributed by atoms with Crippen LogP contribution in [0.4, 0.5) is 11.4 Å². The van der Waals surface area contributed by atoms with Crippen LogP contribution in [0.2, 0.25) is 0 Å². The van der Waals surface area contributed by atoms with Crippen molar-refractivity contribution in [1.29, 1.82) is 0 Å². The number of rotatable bonds is 9. The second-order valence-corrected chi connectivity index (χ2v) is 10.5. The Hall–Kier alpha value is -3.49. The van der Waals surface area contributed by atoms with Gasteiger partial charge in [-0.05, 0) is 60.2 Å². The van der Waals surface area contributed by atoms with Crippen molar-refractivity contribution in [3.8, 4) is 0 Å². The maximum atomic E-state index is 13.4. The molecule has 2 amide bonds. The highest BCUT2D eigenvalue weighted by molar-refractivity contribution is 7.89. The Labute approximate surface area is 212 Å². The smallest absolute Gasteiger partial charge is 0.242 e. The van der Waals surface area contributed by atoms with Crippen LogP contribution in [0.15, 0.2) is 77.7 Å². The molecule has 8 heteroatoms. The number of carbonyl (C=O) groups excluding carboxylic acids is 2. The second kappa shape index (κ2) is 11.1. The molecule has 0 aromatic heterocycles. The number of hydrogen-bond acceptors (Lipinski definition) is 4. The quantitative estimate of drug-likeness (QED) is 0.458. The highest BCUT2D eigenvalue weighted by atomic mass is 32.2. The minimum atomic E-state index is -4.01. The Balaban J connectivity index is 1.60. The van der Waals surface area contributed by atoms with E-state index in [9.17, 15) is 18.0 Å². The van der Waals surface area contributed by atoms with Crippen molar-refractivity contribution in [2.45, 2.75) is 50.5 Å². The maximum Gasteiger partial charge on any atom is 0.242 e. The molecule has 1 atom stereocenters. The summed E-state index contributed by atoms with van der Waals surface area (Å²) in [4.78, 5) is 27.3. The monoisotopic (exact) mass is 505 g/mol. The molecule has 3 aromatic carbocycles. The molecule has 0 saturated heterocycles. The zero-order chi connectivity index (χ0) is 25.7. The zero-order valence-electron chi connectivity index (χ0n) is 20.5. The van der Waals surface area contributed by atoms with Crippen LogP contribution in [-0.4, -0.2) is 32.8 Å². The summed E-state index contributed by atoms with van der Waals surface area (Å²) in [6.45, 7) is 4.34. The van der Waals surface area contributed by atoms with Crippen LogP contribution >= 0.6 is 0 Å². The first-order chi connectivity index (χ1) is 17.3. The summed E-state index contributed by atoms with van der Waals surface area (Å²) in [5, 5.41) is 2.91. The lowest BCUT2D eigenvalue weighted by atomic mass is 10.1. The molecule has 7 nitrogen and oxygen atoms in total. The van der Waals surface area contributed by atoms with Gasteiger partial charge in [0, 0.05) is 24.3 Å². The van der Waals surface area contributed by atoms with Gasteiger partial charge < -0.3 is 10.2 Å². The van der Waals surface area contributed by atoms with Crippen LogP contribution in [0.5, 0.6) is 0 Å². The molecule has 2 N–H and O–H groups in total. The van der Waals surface area contributed by atoms with Crippen LogP contribution in [0.1, 0.15) is 37.0 Å². The van der Waals surface area contributed by atoms with E-state index in [2.05, 4.69) is 10.0 Å². The molecule has 0 radical (unpaired) electrons. The van der Waals surface area contributed by atoms with Crippen molar-refractivity contribution >= 4 is 33.2 Å². The fourth-order valence-corrected chi connectivity index (χ4v) is 5.70. The van der Waals surface area contributed by atoms with Gasteiger partial charge in [-0.2, -0.15) is 4.72 Å². The molecular formula is C28H31N3O4S. The van der Waals surface area contributed by atoms with E-state index in [4.69, 9.17) is 0 Å². The number of amides is 2. The summed E-state index contributed by atoms with van der Waals surface area (Å²) < 4.78 is 29.5. The van der Waals surface area contributed by atoms with Gasteiger partial charge in [-0.1, -0.05) is 62.4 Å². The molecule has 3 aromatic rings. The molecule has 1 aliphatic heterocycles. The molecule has 1 heterocycles. The normalized spacial score (nSPS) is 13.8. The van der Waals surface area contributed by atoms with Crippen molar-refractivity contribution in [2.24, 2.45) is 0 Å². The first kappa shape index (κ1) is 25.6. The third kappa shape index (κ3) is 5.66. The van der Waals surface area contributed by atoms with Gasteiger partial charge in [-0.15, -0.1) is 0 Å². The Morgan fingerprint density at radius 3 is 2.42 bits per heavy atom. The summed E-state index contributed by atoms with van der Waals surface area (Å²) in [6, 6.07) is 20.6. The van der Waals surface area contributed by atoms with E-state index in [1.54, 1.807) is 24.0 Å². The second-order valence-electron chi connectivity index (χ2n) is 8.80. The summed E-state index contributed by atoms with van der Waals surface area (Å²) >= 11 is 0. The van der Waals surface area contributed by atoms with E-state index in [1.165, 1.54) is 6.07 Å². The number of nitrogens with zero attached hydrogens (tertiary/aromatic N) is 1. The Kier molecular flexibility index (Phi) is 7.86. The third-order valence-corrected chi connectivity index (χ3v) is 7.88. The van der Waals surface area contributed by atoms with Crippen molar-refractivity contribution in [1.82, 2.24) is 4.72 Å². The van der Waals surface area contributed by atoms with Crippen molar-refractivity contribution in [3.05, 3.63) is 89.5 Å². The maximum absolute atomic E-state index is 13.4. The minimum absolute atomic E-state index is 0.00874. The number of para-hydroxylation sites is 1. The molecule has 4 rings (SSSR count). The lowest BCUT2D eigenvalue weighted by molar-refractivity contribution is -0.118. The Morgan fingerprint density at radius 2 is 1.69 bits per heavy atom. The minimum Gasteiger partial charge on any atom is -0.324 e. The fraction of sp³-hybridized carbons (Fsp3) is 0.286. The van der Waals surface area contributed by atoms with Crippen molar-refractivity contribution < 1.29 is 18.0 Å². The number of carbonyl (C=O) groups is 2. The van der Waals surface area contributed by atoms with Gasteiger partial charge in [0.05, 0.1) is 4.90 Å². The summed E-state index contributed by atoms with van der Waals surface area (Å²) in [7, 11) is -4.01. The van der Waals surface area contributed by atoms with Gasteiger partial charge in [0.15, 0.2) is 0 Å². The molecule has 0 aliphatic carbocycles. The van der Waals surface area contributed by atoms with Gasteiger partial charge in [-0.3, -0.25) is 9.59 Å². The Bertz CT molecular complexity index is 1360. The van der Waals surface area contributed by atoms with Crippen LogP contribution in [0.25, 0.3) is 0 Å². The Morgan fingerprint density at radius 1 is 0.972 bits per heavy atom. The van der Waals surface area contributed by atoms with E-state index < -0.39 is 22.0 Å². The van der Waals surface area contributed by atoms with E-state index in [0.717, 1.165) is 28.8 Å². The number of hydrogen-bond donors (Lipinski definition) is 2. The van der Waals surface area contributed by atoms with E-state index in [0.29, 0.717) is 25.1 Å². The molecule has 0 fully saturated rings. The molecule has 188 valence electrons. The van der Waals surface area contributed by atoms with E-state index in [1.807, 2.05) is 61.5 Å². The number of benzene rings is 3. The van der Waals surface area contributed by atoms with Gasteiger partial charge in [-0.25, -0.2) is 8.42 Å². The highest BCUT2D eigenvalue weighted by Crippen LogP contribution is 2.31. The van der Waals surface area contributed by atoms with Crippen LogP contribution in [0.3, 0.4) is 0 Å². The number of sulfonamides is 1. The molecule has 1 unspecified atom stereocenters. The number of fused-ring (bicyclic) bond motifs is 1. The van der Waals surface area contributed by atoms with E-state index >= 15 is 0 Å². The van der Waals surface area contributed by atoms with Crippen LogP contribution in [0, 0.1) is 0 Å². The largest absolute Gasteiger partial charge is 0.324 e. The molecule has 1 aliphatic rings. The molecule has 36 heavy (non-hydrogen) atoms. The summed E-state index contributed by atoms with van der Waals surface area (Å²) in [5.41, 5.74) is 4.03. The number of aryl methyl sites for hydroxylation is 1. The van der Waals surface area contributed by atoms with Crippen LogP contribution in [-0.2, 0) is 38.9 Å². The first-order valence-electron chi connectivity index (χ1n) is 12.2. The van der Waals surface area contributed by atoms with Gasteiger partial charge in [0.25, 0.3) is 0 Å². The predicted molar refractivity (Wildman–Crippen MR) is 141 cm³/mol. The average Bonchev–Trinajstić information content (AvgIpc) is 3.32. The standard InChI is InChI=1S/C28H31N3O4S/c1-3-21-12-8-9-13-24(21)29-28(33)25(18-20-10-6-5-7-11-20)30-36(34,35)23-14-15-26-22(19-23)16-17-31(26)27(32)4-2/h5-15,19,25,30H,3-4,16-18H2,1-2H3,(H,29,33). The average molecular weight is 506 g/mol. The number of nitrogens with one attached hydrogen (secondary N) is 2. The van der Waals surface area contributed by atoms with Gasteiger partial charge >= 0.3 is 0 Å². The van der Waals surface area contributed by atoms with Crippen molar-refractivity contribution in [2.75, 3.05) is 16.8 Å². The predicted octanol–water partition coefficient (Wildman–Crippen LogP) is 4.08.